The minimum absolute atomic E-state index is 0.0309. The van der Waals surface area contributed by atoms with Crippen molar-refractivity contribution in [1.29, 1.82) is 0 Å². The molecule has 5 rings (SSSR count). The molecule has 2 heterocycles. The molecule has 4 fully saturated rings. The molecule has 0 aromatic heterocycles. The van der Waals surface area contributed by atoms with E-state index in [2.05, 4.69) is 0 Å². The summed E-state index contributed by atoms with van der Waals surface area (Å²) in [6, 6.07) is 9.09. The summed E-state index contributed by atoms with van der Waals surface area (Å²) in [5.41, 5.74) is -2.99. The van der Waals surface area contributed by atoms with E-state index in [4.69, 9.17) is 14.2 Å². The number of rotatable bonds is 7. The Balaban J connectivity index is 1.24. The van der Waals surface area contributed by atoms with Gasteiger partial charge in [-0.05, 0) is 69.9 Å². The molecular formula is C29H37NO7. The second-order valence-electron chi connectivity index (χ2n) is 12.1. The van der Waals surface area contributed by atoms with E-state index in [0.29, 0.717) is 31.4 Å². The zero-order valence-electron chi connectivity index (χ0n) is 22.2. The number of ether oxygens (including phenoxy) is 3. The lowest BCUT2D eigenvalue weighted by atomic mass is 9.65. The van der Waals surface area contributed by atoms with Gasteiger partial charge in [0.25, 0.3) is 11.7 Å². The van der Waals surface area contributed by atoms with E-state index in [1.165, 1.54) is 0 Å². The van der Waals surface area contributed by atoms with Gasteiger partial charge in [0.05, 0.1) is 24.7 Å². The molecule has 2 bridgehead atoms. The van der Waals surface area contributed by atoms with Crippen molar-refractivity contribution in [2.45, 2.75) is 90.0 Å². The second-order valence-corrected chi connectivity index (χ2v) is 12.1. The maximum absolute atomic E-state index is 13.6. The first kappa shape index (κ1) is 25.9. The first-order chi connectivity index (χ1) is 17.5. The summed E-state index contributed by atoms with van der Waals surface area (Å²) < 4.78 is 17.3. The molecule has 0 N–H and O–H groups in total. The van der Waals surface area contributed by atoms with Crippen LogP contribution in [0, 0.1) is 16.7 Å². The Hall–Kier alpha value is -2.74. The molecule has 1 amide bonds. The minimum Gasteiger partial charge on any atom is -0.460 e. The zero-order chi connectivity index (χ0) is 26.6. The van der Waals surface area contributed by atoms with E-state index >= 15 is 0 Å². The quantitative estimate of drug-likeness (QED) is 0.402. The number of esters is 2. The smallest absolute Gasteiger partial charge is 0.379 e. The van der Waals surface area contributed by atoms with Crippen molar-refractivity contribution in [2.24, 2.45) is 16.7 Å². The Morgan fingerprint density at radius 2 is 1.73 bits per heavy atom. The van der Waals surface area contributed by atoms with Gasteiger partial charge in [0.15, 0.2) is 5.60 Å². The van der Waals surface area contributed by atoms with Gasteiger partial charge in [-0.1, -0.05) is 39.0 Å². The normalized spacial score (nSPS) is 31.9. The largest absolute Gasteiger partial charge is 0.460 e. The Labute approximate surface area is 218 Å². The predicted octanol–water partition coefficient (Wildman–Crippen LogP) is 4.06. The van der Waals surface area contributed by atoms with E-state index in [1.54, 1.807) is 6.92 Å². The van der Waals surface area contributed by atoms with Crippen molar-refractivity contribution in [2.75, 3.05) is 13.2 Å². The number of fused-ring (bicyclic) bond motifs is 2. The van der Waals surface area contributed by atoms with Crippen LogP contribution in [-0.4, -0.2) is 59.1 Å². The predicted molar refractivity (Wildman–Crippen MR) is 133 cm³/mol. The highest BCUT2D eigenvalue weighted by atomic mass is 16.6. The number of ketones is 1. The third-order valence-corrected chi connectivity index (χ3v) is 9.78. The van der Waals surface area contributed by atoms with Crippen molar-refractivity contribution in [3.05, 3.63) is 35.9 Å². The molecule has 1 spiro atoms. The van der Waals surface area contributed by atoms with Crippen molar-refractivity contribution in [3.63, 3.8) is 0 Å². The van der Waals surface area contributed by atoms with Gasteiger partial charge in [-0.3, -0.25) is 14.4 Å². The standard InChI is InChI=1S/C29H37NO7/c1-19(17-35-24(33)22(31)29-15-14-27(4,25(34)37-29)26(29,2)3)16-21-18-36-28(12-8-9-13-28)30(21)23(32)20-10-6-5-7-11-20/h5-7,10-11,19,21H,8-9,12-18H2,1-4H3/t19-,21+,27+,29-/m1/s1. The molecule has 0 unspecified atom stereocenters. The summed E-state index contributed by atoms with van der Waals surface area (Å²) in [5.74, 6) is -2.33. The summed E-state index contributed by atoms with van der Waals surface area (Å²) in [6.07, 6.45) is 5.06. The van der Waals surface area contributed by atoms with Crippen LogP contribution in [0.25, 0.3) is 0 Å². The van der Waals surface area contributed by atoms with Crippen LogP contribution in [0.15, 0.2) is 30.3 Å². The molecule has 2 saturated heterocycles. The maximum atomic E-state index is 13.6. The number of Topliss-reactive ketones (excluding diaryl/α,β-unsaturated/α-hetero) is 1. The molecule has 8 nitrogen and oxygen atoms in total. The number of hydrogen-bond donors (Lipinski definition) is 0. The molecule has 1 aromatic rings. The van der Waals surface area contributed by atoms with Gasteiger partial charge in [-0.25, -0.2) is 4.79 Å². The molecule has 0 radical (unpaired) electrons. The Morgan fingerprint density at radius 1 is 1.05 bits per heavy atom. The zero-order valence-corrected chi connectivity index (χ0v) is 22.2. The van der Waals surface area contributed by atoms with E-state index in [0.717, 1.165) is 25.7 Å². The molecule has 8 heteroatoms. The summed E-state index contributed by atoms with van der Waals surface area (Å²) >= 11 is 0. The topological polar surface area (TPSA) is 99.2 Å². The fourth-order valence-corrected chi connectivity index (χ4v) is 7.01. The van der Waals surface area contributed by atoms with Crippen LogP contribution in [0.2, 0.25) is 0 Å². The number of hydrogen-bond acceptors (Lipinski definition) is 7. The summed E-state index contributed by atoms with van der Waals surface area (Å²) in [5, 5.41) is 0. The van der Waals surface area contributed by atoms with E-state index < -0.39 is 39.9 Å². The van der Waals surface area contributed by atoms with Gasteiger partial charge < -0.3 is 19.1 Å². The van der Waals surface area contributed by atoms with Crippen LogP contribution < -0.4 is 0 Å². The number of carbonyl (C=O) groups is 4. The Morgan fingerprint density at radius 3 is 2.32 bits per heavy atom. The minimum atomic E-state index is -1.47. The van der Waals surface area contributed by atoms with Gasteiger partial charge in [0.2, 0.25) is 0 Å². The van der Waals surface area contributed by atoms with Crippen LogP contribution in [0.3, 0.4) is 0 Å². The monoisotopic (exact) mass is 511 g/mol. The molecule has 1 aromatic carbocycles. The lowest BCUT2D eigenvalue weighted by molar-refractivity contribution is -0.175. The molecule has 4 aliphatic rings. The molecule has 2 aliphatic heterocycles. The second kappa shape index (κ2) is 8.93. The molecule has 4 atom stereocenters. The van der Waals surface area contributed by atoms with Crippen molar-refractivity contribution < 1.29 is 33.4 Å². The molecular weight excluding hydrogens is 474 g/mol. The van der Waals surface area contributed by atoms with Crippen LogP contribution in [0.4, 0.5) is 0 Å². The highest BCUT2D eigenvalue weighted by molar-refractivity contribution is 6.38. The van der Waals surface area contributed by atoms with Crippen LogP contribution in [0.5, 0.6) is 0 Å². The fraction of sp³-hybridized carbons (Fsp3) is 0.655. The summed E-state index contributed by atoms with van der Waals surface area (Å²) in [4.78, 5) is 54.1. The van der Waals surface area contributed by atoms with Crippen molar-refractivity contribution in [3.8, 4) is 0 Å². The lowest BCUT2D eigenvalue weighted by Gasteiger charge is -2.37. The maximum Gasteiger partial charge on any atom is 0.379 e. The van der Waals surface area contributed by atoms with E-state index in [-0.39, 0.29) is 24.5 Å². The highest BCUT2D eigenvalue weighted by Gasteiger charge is 2.76. The fourth-order valence-electron chi connectivity index (χ4n) is 7.01. The van der Waals surface area contributed by atoms with E-state index in [9.17, 15) is 19.2 Å². The molecule has 2 aliphatic carbocycles. The molecule has 37 heavy (non-hydrogen) atoms. The highest BCUT2D eigenvalue weighted by Crippen LogP contribution is 2.65. The number of carbonyl (C=O) groups excluding carboxylic acids is 4. The average Bonchev–Trinajstić information content (AvgIpc) is 3.58. The average molecular weight is 512 g/mol. The molecule has 200 valence electrons. The molecule has 2 saturated carbocycles. The van der Waals surface area contributed by atoms with Gasteiger partial charge in [-0.2, -0.15) is 0 Å². The summed E-state index contributed by atoms with van der Waals surface area (Å²) in [6.45, 7) is 7.83. The van der Waals surface area contributed by atoms with Crippen LogP contribution in [0.1, 0.15) is 83.0 Å². The Bertz CT molecular complexity index is 1110. The van der Waals surface area contributed by atoms with E-state index in [1.807, 2.05) is 56.0 Å². The van der Waals surface area contributed by atoms with Crippen molar-refractivity contribution >= 4 is 23.6 Å². The Kier molecular flexibility index (Phi) is 6.25. The van der Waals surface area contributed by atoms with Crippen LogP contribution in [-0.2, 0) is 28.6 Å². The number of nitrogens with zero attached hydrogens (tertiary/aromatic N) is 1. The third kappa shape index (κ3) is 3.74. The number of amides is 1. The van der Waals surface area contributed by atoms with Gasteiger partial charge in [-0.15, -0.1) is 0 Å². The third-order valence-electron chi connectivity index (χ3n) is 9.78. The van der Waals surface area contributed by atoms with Gasteiger partial charge in [0.1, 0.15) is 5.72 Å². The SMILES string of the molecule is C[C@@H](COC(=O)C(=O)[C@@]12CC[C@@](C)(C(=O)O1)C2(C)C)C[C@H]1COC2(CCCC2)N1C(=O)c1ccccc1. The van der Waals surface area contributed by atoms with Crippen LogP contribution >= 0.6 is 0 Å². The van der Waals surface area contributed by atoms with Crippen molar-refractivity contribution in [1.82, 2.24) is 4.90 Å². The lowest BCUT2D eigenvalue weighted by Crippen LogP contribution is -2.51. The van der Waals surface area contributed by atoms with Gasteiger partial charge >= 0.3 is 11.9 Å². The van der Waals surface area contributed by atoms with Gasteiger partial charge in [0, 0.05) is 11.0 Å². The first-order valence-corrected chi connectivity index (χ1v) is 13.5. The number of benzene rings is 1. The first-order valence-electron chi connectivity index (χ1n) is 13.5. The summed E-state index contributed by atoms with van der Waals surface area (Å²) in [7, 11) is 0.